The zero-order chi connectivity index (χ0) is 15.1. The van der Waals surface area contributed by atoms with Crippen LogP contribution in [0.3, 0.4) is 0 Å². The fourth-order valence-electron chi connectivity index (χ4n) is 1.63. The van der Waals surface area contributed by atoms with Crippen molar-refractivity contribution >= 4 is 35.2 Å². The number of benzene rings is 1. The molecule has 0 aliphatic rings. The summed E-state index contributed by atoms with van der Waals surface area (Å²) in [6, 6.07) is 7.20. The van der Waals surface area contributed by atoms with E-state index in [1.165, 1.54) is 16.7 Å². The molecule has 20 heavy (non-hydrogen) atoms. The first-order valence-electron chi connectivity index (χ1n) is 6.26. The molecule has 0 aromatic heterocycles. The van der Waals surface area contributed by atoms with Crippen LogP contribution in [0.25, 0.3) is 0 Å². The summed E-state index contributed by atoms with van der Waals surface area (Å²) in [4.78, 5) is 25.2. The van der Waals surface area contributed by atoms with E-state index in [9.17, 15) is 9.59 Å². The summed E-state index contributed by atoms with van der Waals surface area (Å²) < 4.78 is 0. The maximum Gasteiger partial charge on any atom is 0.323 e. The highest BCUT2D eigenvalue weighted by Crippen LogP contribution is 2.20. The topological polar surface area (TPSA) is 57.6 Å². The lowest BCUT2D eigenvalue weighted by molar-refractivity contribution is -0.143. The van der Waals surface area contributed by atoms with Gasteiger partial charge < -0.3 is 10.0 Å². The molecule has 1 rings (SSSR count). The van der Waals surface area contributed by atoms with Gasteiger partial charge in [0.25, 0.3) is 0 Å². The van der Waals surface area contributed by atoms with E-state index in [4.69, 9.17) is 16.7 Å². The average molecular weight is 316 g/mol. The minimum absolute atomic E-state index is 0.166. The lowest BCUT2D eigenvalue weighted by Gasteiger charge is -2.22. The molecule has 0 heterocycles. The van der Waals surface area contributed by atoms with Gasteiger partial charge in [0, 0.05) is 16.5 Å². The molecule has 1 aromatic rings. The molecule has 1 N–H and O–H groups in total. The van der Waals surface area contributed by atoms with E-state index < -0.39 is 5.97 Å². The second-order valence-corrected chi connectivity index (χ2v) is 6.29. The Hall–Kier alpha value is -1.20. The predicted molar refractivity (Wildman–Crippen MR) is 81.2 cm³/mol. The molecule has 0 aliphatic carbocycles. The Balaban J connectivity index is 2.56. The monoisotopic (exact) mass is 315 g/mol. The summed E-state index contributed by atoms with van der Waals surface area (Å²) in [5, 5.41) is 9.49. The molecule has 0 aliphatic heterocycles. The van der Waals surface area contributed by atoms with Gasteiger partial charge in [0.15, 0.2) is 0 Å². The normalized spacial score (nSPS) is 10.6. The molecule has 0 fully saturated rings. The van der Waals surface area contributed by atoms with Crippen LogP contribution in [0.4, 0.5) is 0 Å². The fourth-order valence-corrected chi connectivity index (χ4v) is 2.55. The van der Waals surface area contributed by atoms with E-state index in [2.05, 4.69) is 0 Å². The van der Waals surface area contributed by atoms with Gasteiger partial charge in [0.2, 0.25) is 5.91 Å². The first-order valence-corrected chi connectivity index (χ1v) is 7.62. The zero-order valence-electron chi connectivity index (χ0n) is 11.5. The molecule has 0 saturated heterocycles. The maximum absolute atomic E-state index is 12.1. The highest BCUT2D eigenvalue weighted by atomic mass is 35.5. The Bertz CT molecular complexity index is 462. The van der Waals surface area contributed by atoms with Crippen molar-refractivity contribution in [3.63, 3.8) is 0 Å². The SMILES string of the molecule is CC(C)CN(CC(=O)O)C(=O)CSc1ccc(Cl)cc1. The quantitative estimate of drug-likeness (QED) is 0.786. The third-order valence-electron chi connectivity index (χ3n) is 2.44. The molecular weight excluding hydrogens is 298 g/mol. The fraction of sp³-hybridized carbons (Fsp3) is 0.429. The smallest absolute Gasteiger partial charge is 0.323 e. The molecule has 4 nitrogen and oxygen atoms in total. The van der Waals surface area contributed by atoms with Crippen molar-refractivity contribution in [1.82, 2.24) is 4.90 Å². The van der Waals surface area contributed by atoms with E-state index in [1.807, 2.05) is 26.0 Å². The summed E-state index contributed by atoms with van der Waals surface area (Å²) in [5.74, 6) is -0.697. The molecule has 0 bridgehead atoms. The third-order valence-corrected chi connectivity index (χ3v) is 3.69. The van der Waals surface area contributed by atoms with Crippen LogP contribution in [0.15, 0.2) is 29.2 Å². The van der Waals surface area contributed by atoms with Gasteiger partial charge in [0.05, 0.1) is 5.75 Å². The second-order valence-electron chi connectivity index (χ2n) is 4.80. The Morgan fingerprint density at radius 1 is 1.30 bits per heavy atom. The van der Waals surface area contributed by atoms with E-state index >= 15 is 0 Å². The van der Waals surface area contributed by atoms with Crippen molar-refractivity contribution < 1.29 is 14.7 Å². The van der Waals surface area contributed by atoms with Crippen molar-refractivity contribution in [1.29, 1.82) is 0 Å². The number of carboxylic acids is 1. The van der Waals surface area contributed by atoms with Crippen molar-refractivity contribution in [2.24, 2.45) is 5.92 Å². The number of halogens is 1. The van der Waals surface area contributed by atoms with Crippen molar-refractivity contribution in [3.05, 3.63) is 29.3 Å². The molecular formula is C14H18ClNO3S. The van der Waals surface area contributed by atoms with E-state index in [1.54, 1.807) is 12.1 Å². The van der Waals surface area contributed by atoms with Gasteiger partial charge in [-0.2, -0.15) is 0 Å². The largest absolute Gasteiger partial charge is 0.480 e. The summed E-state index contributed by atoms with van der Waals surface area (Å²) in [6.45, 7) is 4.10. The number of amides is 1. The van der Waals surface area contributed by atoms with Gasteiger partial charge in [-0.1, -0.05) is 25.4 Å². The molecule has 0 atom stereocenters. The minimum atomic E-state index is -0.990. The van der Waals surface area contributed by atoms with Gasteiger partial charge in [-0.25, -0.2) is 0 Å². The zero-order valence-corrected chi connectivity index (χ0v) is 13.1. The number of hydrogen-bond acceptors (Lipinski definition) is 3. The summed E-state index contributed by atoms with van der Waals surface area (Å²) >= 11 is 7.17. The van der Waals surface area contributed by atoms with Crippen molar-refractivity contribution in [2.75, 3.05) is 18.8 Å². The predicted octanol–water partition coefficient (Wildman–Crippen LogP) is 3.00. The van der Waals surface area contributed by atoms with Gasteiger partial charge >= 0.3 is 5.97 Å². The van der Waals surface area contributed by atoms with Crippen molar-refractivity contribution in [2.45, 2.75) is 18.7 Å². The number of carbonyl (C=O) groups excluding carboxylic acids is 1. The molecule has 0 unspecified atom stereocenters. The number of aliphatic carboxylic acids is 1. The van der Waals surface area contributed by atoms with Gasteiger partial charge in [0.1, 0.15) is 6.54 Å². The lowest BCUT2D eigenvalue weighted by Crippen LogP contribution is -2.39. The Kier molecular flexibility index (Phi) is 6.88. The molecule has 0 radical (unpaired) electrons. The average Bonchev–Trinajstić information content (AvgIpc) is 2.36. The second kappa shape index (κ2) is 8.17. The summed E-state index contributed by atoms with van der Waals surface area (Å²) in [6.07, 6.45) is 0. The highest BCUT2D eigenvalue weighted by Gasteiger charge is 2.17. The van der Waals surface area contributed by atoms with Gasteiger partial charge in [-0.05, 0) is 30.2 Å². The third kappa shape index (κ3) is 6.30. The Morgan fingerprint density at radius 2 is 1.90 bits per heavy atom. The maximum atomic E-state index is 12.1. The minimum Gasteiger partial charge on any atom is -0.480 e. The summed E-state index contributed by atoms with van der Waals surface area (Å²) in [7, 11) is 0. The first-order chi connectivity index (χ1) is 9.38. The summed E-state index contributed by atoms with van der Waals surface area (Å²) in [5.41, 5.74) is 0. The van der Waals surface area contributed by atoms with Crippen molar-refractivity contribution in [3.8, 4) is 0 Å². The number of nitrogens with zero attached hydrogens (tertiary/aromatic N) is 1. The molecule has 6 heteroatoms. The lowest BCUT2D eigenvalue weighted by atomic mass is 10.2. The van der Waals surface area contributed by atoms with Crippen LogP contribution in [0, 0.1) is 5.92 Å². The van der Waals surface area contributed by atoms with Crippen LogP contribution in [-0.2, 0) is 9.59 Å². The van der Waals surface area contributed by atoms with Crippen LogP contribution in [-0.4, -0.2) is 40.7 Å². The Morgan fingerprint density at radius 3 is 2.40 bits per heavy atom. The van der Waals surface area contributed by atoms with Crippen LogP contribution in [0.2, 0.25) is 5.02 Å². The number of hydrogen-bond donors (Lipinski definition) is 1. The van der Waals surface area contributed by atoms with E-state index in [0.717, 1.165) is 4.90 Å². The number of thioether (sulfide) groups is 1. The van der Waals surface area contributed by atoms with E-state index in [0.29, 0.717) is 11.6 Å². The molecule has 110 valence electrons. The Labute approximate surface area is 128 Å². The number of carboxylic acid groups (broad SMARTS) is 1. The van der Waals surface area contributed by atoms with Crippen LogP contribution in [0.1, 0.15) is 13.8 Å². The standard InChI is InChI=1S/C14H18ClNO3S/c1-10(2)7-16(8-14(18)19)13(17)9-20-12-5-3-11(15)4-6-12/h3-6,10H,7-9H2,1-2H3,(H,18,19). The van der Waals surface area contributed by atoms with Crippen LogP contribution in [0.5, 0.6) is 0 Å². The highest BCUT2D eigenvalue weighted by molar-refractivity contribution is 8.00. The molecule has 0 saturated carbocycles. The van der Waals surface area contributed by atoms with Gasteiger partial charge in [-0.3, -0.25) is 9.59 Å². The van der Waals surface area contributed by atoms with Gasteiger partial charge in [-0.15, -0.1) is 11.8 Å². The van der Waals surface area contributed by atoms with Crippen LogP contribution < -0.4 is 0 Å². The number of carbonyl (C=O) groups is 2. The van der Waals surface area contributed by atoms with E-state index in [-0.39, 0.29) is 24.1 Å². The number of rotatable bonds is 7. The molecule has 1 amide bonds. The molecule has 1 aromatic carbocycles. The molecule has 0 spiro atoms. The first kappa shape index (κ1) is 16.9. The van der Waals surface area contributed by atoms with Crippen LogP contribution >= 0.6 is 23.4 Å².